The molecule has 5 heteroatoms. The zero-order chi connectivity index (χ0) is 9.07. The lowest BCUT2D eigenvalue weighted by Gasteiger charge is -2.27. The first-order chi connectivity index (χ1) is 4.98. The molecular weight excluding hydrogens is 165 g/mol. The predicted octanol–water partition coefficient (Wildman–Crippen LogP) is 1.73. The maximum Gasteiger partial charge on any atom is 0.407 e. The van der Waals surface area contributed by atoms with Crippen molar-refractivity contribution in [1.29, 1.82) is 0 Å². The molecule has 0 atom stereocenters. The maximum absolute atomic E-state index is 11.6. The minimum absolute atomic E-state index is 0.140. The quantitative estimate of drug-likeness (QED) is 0.619. The van der Waals surface area contributed by atoms with Crippen molar-refractivity contribution in [3.63, 3.8) is 0 Å². The van der Waals surface area contributed by atoms with Gasteiger partial charge in [-0.15, -0.1) is 0 Å². The fourth-order valence-corrected chi connectivity index (χ4v) is 1.84. The van der Waals surface area contributed by atoms with Gasteiger partial charge in [-0.2, -0.15) is 0 Å². The Morgan fingerprint density at radius 2 is 1.64 bits per heavy atom. The first-order valence-corrected chi connectivity index (χ1v) is 4.92. The van der Waals surface area contributed by atoms with E-state index in [1.807, 2.05) is 13.8 Å². The molecule has 0 aromatic carbocycles. The lowest BCUT2D eigenvalue weighted by Crippen LogP contribution is -2.24. The van der Waals surface area contributed by atoms with Gasteiger partial charge in [-0.25, -0.2) is 9.24 Å². The highest BCUT2D eigenvalue weighted by Crippen LogP contribution is 2.50. The van der Waals surface area contributed by atoms with E-state index in [4.69, 9.17) is 9.05 Å². The van der Waals surface area contributed by atoms with E-state index in [0.29, 0.717) is 0 Å². The molecule has 0 rings (SSSR count). The fourth-order valence-electron chi connectivity index (χ4n) is 0.615. The molecule has 0 aliphatic heterocycles. The van der Waals surface area contributed by atoms with Crippen molar-refractivity contribution >= 4 is 7.75 Å². The standard InChI is InChI=1S/C6H16NO3P/c1-6(2)7(3)11(8,9-4)10-5/h6H,1-5H3. The molecule has 0 aromatic heterocycles. The van der Waals surface area contributed by atoms with Gasteiger partial charge in [0.25, 0.3) is 0 Å². The maximum atomic E-state index is 11.6. The summed E-state index contributed by atoms with van der Waals surface area (Å²) in [6.45, 7) is 3.84. The van der Waals surface area contributed by atoms with Gasteiger partial charge in [0, 0.05) is 20.3 Å². The molecule has 0 spiro atoms. The van der Waals surface area contributed by atoms with E-state index in [1.165, 1.54) is 14.2 Å². The van der Waals surface area contributed by atoms with Crippen LogP contribution in [0.2, 0.25) is 0 Å². The Morgan fingerprint density at radius 3 is 1.73 bits per heavy atom. The third-order valence-electron chi connectivity index (χ3n) is 1.60. The van der Waals surface area contributed by atoms with Gasteiger partial charge in [0.05, 0.1) is 0 Å². The molecule has 0 aliphatic rings. The molecule has 0 bridgehead atoms. The number of hydrogen-bond acceptors (Lipinski definition) is 3. The highest BCUT2D eigenvalue weighted by Gasteiger charge is 2.29. The van der Waals surface area contributed by atoms with Gasteiger partial charge >= 0.3 is 7.75 Å². The molecular formula is C6H16NO3P. The average Bonchev–Trinajstić information content (AvgIpc) is 2.01. The molecule has 68 valence electrons. The molecule has 0 fully saturated rings. The lowest BCUT2D eigenvalue weighted by molar-refractivity contribution is 0.207. The monoisotopic (exact) mass is 181 g/mol. The van der Waals surface area contributed by atoms with Gasteiger partial charge in [-0.05, 0) is 20.9 Å². The molecule has 4 nitrogen and oxygen atoms in total. The van der Waals surface area contributed by atoms with Crippen LogP contribution in [0.3, 0.4) is 0 Å². The molecule has 0 N–H and O–H groups in total. The van der Waals surface area contributed by atoms with E-state index in [0.717, 1.165) is 0 Å². The van der Waals surface area contributed by atoms with Crippen LogP contribution in [0.5, 0.6) is 0 Å². The van der Waals surface area contributed by atoms with E-state index >= 15 is 0 Å². The first kappa shape index (κ1) is 11.1. The van der Waals surface area contributed by atoms with Crippen LogP contribution in [-0.2, 0) is 13.6 Å². The zero-order valence-electron chi connectivity index (χ0n) is 7.70. The van der Waals surface area contributed by atoms with Crippen molar-refractivity contribution < 1.29 is 13.6 Å². The zero-order valence-corrected chi connectivity index (χ0v) is 8.59. The highest BCUT2D eigenvalue weighted by atomic mass is 31.2. The van der Waals surface area contributed by atoms with Crippen LogP contribution in [0.15, 0.2) is 0 Å². The third-order valence-corrected chi connectivity index (χ3v) is 3.75. The normalized spacial score (nSPS) is 13.0. The smallest absolute Gasteiger partial charge is 0.300 e. The van der Waals surface area contributed by atoms with E-state index < -0.39 is 7.75 Å². The highest BCUT2D eigenvalue weighted by molar-refractivity contribution is 7.51. The van der Waals surface area contributed by atoms with Crippen LogP contribution in [0.25, 0.3) is 0 Å². The average molecular weight is 181 g/mol. The Hall–Kier alpha value is 0.110. The van der Waals surface area contributed by atoms with Crippen LogP contribution in [0.1, 0.15) is 13.8 Å². The summed E-state index contributed by atoms with van der Waals surface area (Å²) in [6.07, 6.45) is 0. The molecule has 11 heavy (non-hydrogen) atoms. The van der Waals surface area contributed by atoms with Crippen LogP contribution in [-0.4, -0.2) is 32.0 Å². The predicted molar refractivity (Wildman–Crippen MR) is 44.5 cm³/mol. The Bertz CT molecular complexity index is 152. The van der Waals surface area contributed by atoms with Gasteiger partial charge in [0.15, 0.2) is 0 Å². The van der Waals surface area contributed by atoms with Crippen molar-refractivity contribution in [3.05, 3.63) is 0 Å². The molecule has 0 unspecified atom stereocenters. The summed E-state index contributed by atoms with van der Waals surface area (Å²) >= 11 is 0. The Kier molecular flexibility index (Phi) is 4.26. The van der Waals surface area contributed by atoms with Gasteiger partial charge in [-0.3, -0.25) is 9.05 Å². The van der Waals surface area contributed by atoms with E-state index in [1.54, 1.807) is 11.7 Å². The van der Waals surface area contributed by atoms with Gasteiger partial charge in [0.2, 0.25) is 0 Å². The molecule has 0 saturated carbocycles. The van der Waals surface area contributed by atoms with E-state index in [9.17, 15) is 4.57 Å². The van der Waals surface area contributed by atoms with Gasteiger partial charge in [-0.1, -0.05) is 0 Å². The second kappa shape index (κ2) is 4.21. The molecule has 0 heterocycles. The Balaban J connectivity index is 4.38. The summed E-state index contributed by atoms with van der Waals surface area (Å²) in [5, 5.41) is 0. The summed E-state index contributed by atoms with van der Waals surface area (Å²) in [5.74, 6) is 0. The minimum atomic E-state index is -2.99. The van der Waals surface area contributed by atoms with E-state index in [-0.39, 0.29) is 6.04 Å². The number of nitrogens with zero attached hydrogens (tertiary/aromatic N) is 1. The second-order valence-electron chi connectivity index (χ2n) is 2.50. The lowest BCUT2D eigenvalue weighted by atomic mass is 10.4. The largest absolute Gasteiger partial charge is 0.407 e. The third kappa shape index (κ3) is 2.56. The summed E-state index contributed by atoms with van der Waals surface area (Å²) in [4.78, 5) is 0. The second-order valence-corrected chi connectivity index (χ2v) is 4.80. The summed E-state index contributed by atoms with van der Waals surface area (Å²) in [7, 11) is 1.47. The van der Waals surface area contributed by atoms with Crippen LogP contribution in [0.4, 0.5) is 0 Å². The van der Waals surface area contributed by atoms with Gasteiger partial charge in [0.1, 0.15) is 0 Å². The van der Waals surface area contributed by atoms with Crippen molar-refractivity contribution in [2.75, 3.05) is 21.3 Å². The molecule has 0 aromatic rings. The Labute approximate surface area is 68.1 Å². The number of hydrogen-bond donors (Lipinski definition) is 0. The van der Waals surface area contributed by atoms with E-state index in [2.05, 4.69) is 0 Å². The fraction of sp³-hybridized carbons (Fsp3) is 1.00. The number of rotatable bonds is 4. The Morgan fingerprint density at radius 1 is 1.27 bits per heavy atom. The first-order valence-electron chi connectivity index (χ1n) is 3.42. The van der Waals surface area contributed by atoms with Crippen LogP contribution >= 0.6 is 7.75 Å². The summed E-state index contributed by atoms with van der Waals surface area (Å²) in [6, 6.07) is 0.140. The SMILES string of the molecule is COP(=O)(OC)N(C)C(C)C. The van der Waals surface area contributed by atoms with Crippen molar-refractivity contribution in [1.82, 2.24) is 4.67 Å². The topological polar surface area (TPSA) is 38.8 Å². The molecule has 0 amide bonds. The molecule has 0 aliphatic carbocycles. The van der Waals surface area contributed by atoms with Crippen molar-refractivity contribution in [2.24, 2.45) is 0 Å². The van der Waals surface area contributed by atoms with Gasteiger partial charge < -0.3 is 0 Å². The molecule has 0 radical (unpaired) electrons. The van der Waals surface area contributed by atoms with Crippen LogP contribution < -0.4 is 0 Å². The van der Waals surface area contributed by atoms with Crippen molar-refractivity contribution in [2.45, 2.75) is 19.9 Å². The minimum Gasteiger partial charge on any atom is -0.300 e. The summed E-state index contributed by atoms with van der Waals surface area (Å²) in [5.41, 5.74) is 0. The molecule has 0 saturated heterocycles. The summed E-state index contributed by atoms with van der Waals surface area (Å²) < 4.78 is 22.7. The van der Waals surface area contributed by atoms with Crippen molar-refractivity contribution in [3.8, 4) is 0 Å². The van der Waals surface area contributed by atoms with Crippen LogP contribution in [0, 0.1) is 0 Å².